The van der Waals surface area contributed by atoms with Crippen molar-refractivity contribution in [3.05, 3.63) is 0 Å². The zero-order valence-corrected chi connectivity index (χ0v) is 4.02. The average molecular weight is 103 g/mol. The van der Waals surface area contributed by atoms with E-state index < -0.39 is 0 Å². The highest BCUT2D eigenvalue weighted by Crippen LogP contribution is 1.48. The molecule has 0 radical (unpaired) electrons. The van der Waals surface area contributed by atoms with Crippen LogP contribution in [0.15, 0.2) is 4.99 Å². The summed E-state index contributed by atoms with van der Waals surface area (Å²) in [5.74, 6) is 0.468. The normalized spacial score (nSPS) is 9.71. The molecular weight excluding hydrogens is 90.1 g/mol. The quantitative estimate of drug-likeness (QED) is 0.329. The van der Waals surface area contributed by atoms with E-state index in [0.29, 0.717) is 5.96 Å². The number of nitrogens with zero attached hydrogens (tertiary/aromatic N) is 1. The van der Waals surface area contributed by atoms with Gasteiger partial charge in [0.25, 0.3) is 0 Å². The second kappa shape index (κ2) is 5.27. The van der Waals surface area contributed by atoms with Gasteiger partial charge >= 0.3 is 0 Å². The zero-order valence-electron chi connectivity index (χ0n) is 4.02. The van der Waals surface area contributed by atoms with Gasteiger partial charge in [0, 0.05) is 14.1 Å². The van der Waals surface area contributed by atoms with Crippen molar-refractivity contribution in [3.8, 4) is 0 Å². The van der Waals surface area contributed by atoms with Crippen LogP contribution in [-0.4, -0.2) is 20.1 Å². The van der Waals surface area contributed by atoms with Crippen LogP contribution in [0.3, 0.4) is 0 Å². The Hall–Kier alpha value is -0.730. The van der Waals surface area contributed by atoms with Crippen LogP contribution >= 0.6 is 0 Å². The molecule has 0 saturated carbocycles. The fourth-order valence-electron chi connectivity index (χ4n) is 0.112. The predicted molar refractivity (Wildman–Crippen MR) is 33.3 cm³/mol. The molecule has 44 valence electrons. The molecular formula is C4H13N3. The number of hydrogen-bond donors (Lipinski definition) is 2. The van der Waals surface area contributed by atoms with Crippen LogP contribution in [0.2, 0.25) is 0 Å². The van der Waals surface area contributed by atoms with E-state index in [1.165, 1.54) is 0 Å². The van der Waals surface area contributed by atoms with Gasteiger partial charge in [0.2, 0.25) is 0 Å². The molecule has 0 aliphatic rings. The number of aliphatic imine (C=N–C) groups is 1. The lowest BCUT2D eigenvalue weighted by atomic mass is 11.0. The molecule has 0 rings (SSSR count). The molecule has 7 heavy (non-hydrogen) atoms. The van der Waals surface area contributed by atoms with Crippen molar-refractivity contribution >= 4 is 5.96 Å². The number of rotatable bonds is 0. The fraction of sp³-hybridized carbons (Fsp3) is 0.750. The van der Waals surface area contributed by atoms with Crippen LogP contribution in [0.4, 0.5) is 0 Å². The van der Waals surface area contributed by atoms with Gasteiger partial charge in [-0.05, 0) is 0 Å². The van der Waals surface area contributed by atoms with Gasteiger partial charge in [0.15, 0.2) is 5.96 Å². The third-order valence-corrected chi connectivity index (χ3v) is 0.497. The topological polar surface area (TPSA) is 50.4 Å². The van der Waals surface area contributed by atoms with E-state index in [1.807, 2.05) is 0 Å². The highest BCUT2D eigenvalue weighted by molar-refractivity contribution is 5.77. The maximum Gasteiger partial charge on any atom is 0.188 e. The standard InChI is InChI=1S/C3H9N3.CH4/c1-5-3(4)6-2;/h1-2H3,(H3,4,5,6);1H4. The van der Waals surface area contributed by atoms with Gasteiger partial charge in [0.05, 0.1) is 0 Å². The first kappa shape index (κ1) is 9.55. The summed E-state index contributed by atoms with van der Waals surface area (Å²) in [6, 6.07) is 0. The Labute approximate surface area is 44.6 Å². The van der Waals surface area contributed by atoms with Crippen molar-refractivity contribution in [2.24, 2.45) is 10.7 Å². The molecule has 0 atom stereocenters. The third-order valence-electron chi connectivity index (χ3n) is 0.497. The van der Waals surface area contributed by atoms with Gasteiger partial charge in [-0.3, -0.25) is 4.99 Å². The molecule has 0 aromatic heterocycles. The molecule has 0 aliphatic carbocycles. The van der Waals surface area contributed by atoms with Crippen LogP contribution in [0, 0.1) is 0 Å². The summed E-state index contributed by atoms with van der Waals surface area (Å²) in [5, 5.41) is 2.64. The molecule has 0 aromatic carbocycles. The van der Waals surface area contributed by atoms with Gasteiger partial charge in [-0.2, -0.15) is 0 Å². The lowest BCUT2D eigenvalue weighted by Crippen LogP contribution is -2.27. The molecule has 0 spiro atoms. The first-order valence-electron chi connectivity index (χ1n) is 1.71. The highest BCUT2D eigenvalue weighted by atomic mass is 15.1. The van der Waals surface area contributed by atoms with Crippen LogP contribution in [0.1, 0.15) is 7.43 Å². The maximum absolute atomic E-state index is 5.11. The second-order valence-corrected chi connectivity index (χ2v) is 0.859. The molecule has 3 nitrogen and oxygen atoms in total. The molecule has 0 heterocycles. The van der Waals surface area contributed by atoms with Crippen molar-refractivity contribution in [2.75, 3.05) is 14.1 Å². The van der Waals surface area contributed by atoms with Crippen molar-refractivity contribution in [1.29, 1.82) is 0 Å². The van der Waals surface area contributed by atoms with Crippen molar-refractivity contribution in [3.63, 3.8) is 0 Å². The number of hydrogen-bond acceptors (Lipinski definition) is 1. The number of nitrogens with one attached hydrogen (secondary N) is 1. The summed E-state index contributed by atoms with van der Waals surface area (Å²) in [4.78, 5) is 3.59. The minimum atomic E-state index is 0. The largest absolute Gasteiger partial charge is 0.370 e. The van der Waals surface area contributed by atoms with Crippen molar-refractivity contribution < 1.29 is 0 Å². The molecule has 0 amide bonds. The first-order valence-corrected chi connectivity index (χ1v) is 1.71. The first-order chi connectivity index (χ1) is 2.81. The van der Waals surface area contributed by atoms with Crippen LogP contribution in [0.5, 0.6) is 0 Å². The van der Waals surface area contributed by atoms with Gasteiger partial charge < -0.3 is 11.1 Å². The Morgan fingerprint density at radius 2 is 2.14 bits per heavy atom. The third kappa shape index (κ3) is 5.27. The van der Waals surface area contributed by atoms with Gasteiger partial charge in [-0.1, -0.05) is 7.43 Å². The van der Waals surface area contributed by atoms with Crippen LogP contribution < -0.4 is 11.1 Å². The van der Waals surface area contributed by atoms with E-state index in [0.717, 1.165) is 0 Å². The molecule has 0 aromatic rings. The van der Waals surface area contributed by atoms with E-state index in [-0.39, 0.29) is 7.43 Å². The lowest BCUT2D eigenvalue weighted by molar-refractivity contribution is 1.12. The Morgan fingerprint density at radius 1 is 1.71 bits per heavy atom. The van der Waals surface area contributed by atoms with E-state index in [4.69, 9.17) is 5.73 Å². The molecule has 0 bridgehead atoms. The smallest absolute Gasteiger partial charge is 0.188 e. The summed E-state index contributed by atoms with van der Waals surface area (Å²) in [6.45, 7) is 0. The minimum absolute atomic E-state index is 0. The Morgan fingerprint density at radius 3 is 2.14 bits per heavy atom. The minimum Gasteiger partial charge on any atom is -0.370 e. The molecule has 3 N–H and O–H groups in total. The van der Waals surface area contributed by atoms with E-state index >= 15 is 0 Å². The molecule has 0 unspecified atom stereocenters. The Bertz CT molecular complexity index is 58.0. The number of guanidine groups is 1. The van der Waals surface area contributed by atoms with Gasteiger partial charge in [-0.25, -0.2) is 0 Å². The van der Waals surface area contributed by atoms with Crippen LogP contribution in [0.25, 0.3) is 0 Å². The summed E-state index contributed by atoms with van der Waals surface area (Å²) < 4.78 is 0. The number of nitrogens with two attached hydrogens (primary N) is 1. The Balaban J connectivity index is 0. The second-order valence-electron chi connectivity index (χ2n) is 0.859. The fourth-order valence-corrected chi connectivity index (χ4v) is 0.112. The maximum atomic E-state index is 5.11. The summed E-state index contributed by atoms with van der Waals surface area (Å²) in [7, 11) is 3.36. The molecule has 3 heteroatoms. The van der Waals surface area contributed by atoms with E-state index in [9.17, 15) is 0 Å². The zero-order chi connectivity index (χ0) is 4.99. The SMILES string of the molecule is C.CN=C(N)NC. The van der Waals surface area contributed by atoms with E-state index in [1.54, 1.807) is 14.1 Å². The Kier molecular flexibility index (Phi) is 7.19. The molecule has 0 saturated heterocycles. The monoisotopic (exact) mass is 103 g/mol. The average Bonchev–Trinajstić information content (AvgIpc) is 1.65. The van der Waals surface area contributed by atoms with Gasteiger partial charge in [-0.15, -0.1) is 0 Å². The highest BCUT2D eigenvalue weighted by Gasteiger charge is 1.71. The van der Waals surface area contributed by atoms with E-state index in [2.05, 4.69) is 10.3 Å². The van der Waals surface area contributed by atoms with Gasteiger partial charge in [0.1, 0.15) is 0 Å². The predicted octanol–water partition coefficient (Wildman–Crippen LogP) is -0.214. The van der Waals surface area contributed by atoms with Crippen molar-refractivity contribution in [1.82, 2.24) is 5.32 Å². The van der Waals surface area contributed by atoms with Crippen molar-refractivity contribution in [2.45, 2.75) is 7.43 Å². The molecule has 0 aliphatic heterocycles. The molecule has 0 fully saturated rings. The van der Waals surface area contributed by atoms with Crippen LogP contribution in [-0.2, 0) is 0 Å². The summed E-state index contributed by atoms with van der Waals surface area (Å²) in [5.41, 5.74) is 5.11. The lowest BCUT2D eigenvalue weighted by Gasteiger charge is -1.90. The summed E-state index contributed by atoms with van der Waals surface area (Å²) >= 11 is 0. The summed E-state index contributed by atoms with van der Waals surface area (Å²) in [6.07, 6.45) is 0.